The molecule has 0 aliphatic carbocycles. The Bertz CT molecular complexity index is 589. The van der Waals surface area contributed by atoms with Gasteiger partial charge >= 0.3 is 0 Å². The van der Waals surface area contributed by atoms with Crippen molar-refractivity contribution in [1.82, 2.24) is 20.3 Å². The number of rotatable bonds is 5. The first-order valence-electron chi connectivity index (χ1n) is 7.45. The molecule has 3 heterocycles. The van der Waals surface area contributed by atoms with Crippen molar-refractivity contribution >= 4 is 5.82 Å². The zero-order chi connectivity index (χ0) is 15.4. The van der Waals surface area contributed by atoms with Crippen molar-refractivity contribution in [2.24, 2.45) is 0 Å². The normalized spacial score (nSPS) is 19.3. The van der Waals surface area contributed by atoms with Crippen LogP contribution in [0.15, 0.2) is 28.9 Å². The summed E-state index contributed by atoms with van der Waals surface area (Å²) >= 11 is 0. The lowest BCUT2D eigenvalue weighted by molar-refractivity contribution is -0.0287. The van der Waals surface area contributed by atoms with E-state index in [0.717, 1.165) is 50.1 Å². The van der Waals surface area contributed by atoms with Crippen molar-refractivity contribution in [3.8, 4) is 0 Å². The maximum Gasteiger partial charge on any atom is 0.151 e. The summed E-state index contributed by atoms with van der Waals surface area (Å²) in [5, 5.41) is 12.0. The summed E-state index contributed by atoms with van der Waals surface area (Å²) in [6, 6.07) is 5.82. The van der Waals surface area contributed by atoms with Gasteiger partial charge in [0.15, 0.2) is 11.6 Å². The number of hydrogen-bond acceptors (Lipinski definition) is 7. The van der Waals surface area contributed by atoms with Crippen LogP contribution in [0, 0.1) is 6.92 Å². The topological polar surface area (TPSA) is 67.5 Å². The highest BCUT2D eigenvalue weighted by molar-refractivity contribution is 5.35. The molecular weight excluding hydrogens is 282 g/mol. The van der Waals surface area contributed by atoms with E-state index in [1.165, 1.54) is 0 Å². The summed E-state index contributed by atoms with van der Waals surface area (Å²) in [6.07, 6.45) is 1.82. The van der Waals surface area contributed by atoms with Gasteiger partial charge in [-0.05, 0) is 19.1 Å². The van der Waals surface area contributed by atoms with E-state index in [-0.39, 0.29) is 6.10 Å². The summed E-state index contributed by atoms with van der Waals surface area (Å²) in [6.45, 7) is 5.99. The largest absolute Gasteiger partial charge is 0.374 e. The molecule has 1 fully saturated rings. The smallest absolute Gasteiger partial charge is 0.151 e. The third-order valence-electron chi connectivity index (χ3n) is 3.71. The van der Waals surface area contributed by atoms with Crippen molar-refractivity contribution < 1.29 is 9.26 Å². The lowest BCUT2D eigenvalue weighted by atomic mass is 10.2. The van der Waals surface area contributed by atoms with Crippen LogP contribution in [-0.4, -0.2) is 59.6 Å². The van der Waals surface area contributed by atoms with Gasteiger partial charge in [-0.2, -0.15) is 5.10 Å². The SMILES string of the molecule is Cc1cc(CN2CCO[C@H](CN(C)c3cccnn3)C2)on1. The van der Waals surface area contributed by atoms with Crippen LogP contribution in [0.2, 0.25) is 0 Å². The Labute approximate surface area is 129 Å². The van der Waals surface area contributed by atoms with Gasteiger partial charge in [0.1, 0.15) is 0 Å². The minimum atomic E-state index is 0.143. The minimum absolute atomic E-state index is 0.143. The van der Waals surface area contributed by atoms with E-state index < -0.39 is 0 Å². The quantitative estimate of drug-likeness (QED) is 0.819. The highest BCUT2D eigenvalue weighted by atomic mass is 16.5. The number of ether oxygens (including phenoxy) is 1. The van der Waals surface area contributed by atoms with Gasteiger partial charge < -0.3 is 14.2 Å². The predicted molar refractivity (Wildman–Crippen MR) is 81.6 cm³/mol. The van der Waals surface area contributed by atoms with Gasteiger partial charge in [-0.15, -0.1) is 5.10 Å². The molecule has 0 spiro atoms. The molecule has 22 heavy (non-hydrogen) atoms. The number of aryl methyl sites for hydroxylation is 1. The number of nitrogens with zero attached hydrogens (tertiary/aromatic N) is 5. The van der Waals surface area contributed by atoms with E-state index in [4.69, 9.17) is 9.26 Å². The van der Waals surface area contributed by atoms with Gasteiger partial charge in [0.25, 0.3) is 0 Å². The summed E-state index contributed by atoms with van der Waals surface area (Å²) in [5.41, 5.74) is 0.919. The molecule has 0 radical (unpaired) electrons. The molecule has 3 rings (SSSR count). The van der Waals surface area contributed by atoms with Crippen LogP contribution >= 0.6 is 0 Å². The van der Waals surface area contributed by atoms with Crippen molar-refractivity contribution in [2.45, 2.75) is 19.6 Å². The van der Waals surface area contributed by atoms with E-state index in [0.29, 0.717) is 0 Å². The average molecular weight is 303 g/mol. The van der Waals surface area contributed by atoms with Crippen LogP contribution in [0.4, 0.5) is 5.82 Å². The Hall–Kier alpha value is -1.99. The van der Waals surface area contributed by atoms with Gasteiger partial charge in [-0.25, -0.2) is 0 Å². The second kappa shape index (κ2) is 6.85. The van der Waals surface area contributed by atoms with Crippen LogP contribution in [-0.2, 0) is 11.3 Å². The predicted octanol–water partition coefficient (Wildman–Crippen LogP) is 1.11. The van der Waals surface area contributed by atoms with Crippen LogP contribution in [0.5, 0.6) is 0 Å². The van der Waals surface area contributed by atoms with E-state index in [1.807, 2.05) is 32.2 Å². The van der Waals surface area contributed by atoms with Crippen LogP contribution in [0.1, 0.15) is 11.5 Å². The molecule has 2 aromatic rings. The van der Waals surface area contributed by atoms with Crippen molar-refractivity contribution in [1.29, 1.82) is 0 Å². The van der Waals surface area contributed by atoms with Gasteiger partial charge in [0.05, 0.1) is 24.9 Å². The molecule has 0 saturated carbocycles. The highest BCUT2D eigenvalue weighted by Gasteiger charge is 2.23. The van der Waals surface area contributed by atoms with Crippen LogP contribution in [0.3, 0.4) is 0 Å². The average Bonchev–Trinajstić information content (AvgIpc) is 2.93. The van der Waals surface area contributed by atoms with E-state index in [1.54, 1.807) is 6.20 Å². The Balaban J connectivity index is 1.54. The fourth-order valence-electron chi connectivity index (χ4n) is 2.64. The van der Waals surface area contributed by atoms with Gasteiger partial charge in [0, 0.05) is 38.9 Å². The molecule has 1 aliphatic rings. The lowest BCUT2D eigenvalue weighted by Gasteiger charge is -2.34. The number of aromatic nitrogens is 3. The number of anilines is 1. The first-order chi connectivity index (χ1) is 10.7. The first-order valence-corrected chi connectivity index (χ1v) is 7.45. The molecule has 0 unspecified atom stereocenters. The first kappa shape index (κ1) is 14.9. The number of likely N-dealkylation sites (N-methyl/N-ethyl adjacent to an activating group) is 1. The fourth-order valence-corrected chi connectivity index (χ4v) is 2.64. The van der Waals surface area contributed by atoms with Crippen molar-refractivity contribution in [2.75, 3.05) is 38.2 Å². The Morgan fingerprint density at radius 3 is 3.09 bits per heavy atom. The molecular formula is C15H21N5O2. The monoisotopic (exact) mass is 303 g/mol. The zero-order valence-corrected chi connectivity index (χ0v) is 13.0. The minimum Gasteiger partial charge on any atom is -0.374 e. The van der Waals surface area contributed by atoms with E-state index >= 15 is 0 Å². The summed E-state index contributed by atoms with van der Waals surface area (Å²) in [5.74, 6) is 1.76. The molecule has 1 aliphatic heterocycles. The highest BCUT2D eigenvalue weighted by Crippen LogP contribution is 2.14. The lowest BCUT2D eigenvalue weighted by Crippen LogP contribution is -2.46. The molecule has 0 bridgehead atoms. The summed E-state index contributed by atoms with van der Waals surface area (Å²) < 4.78 is 11.2. The van der Waals surface area contributed by atoms with Crippen molar-refractivity contribution in [3.63, 3.8) is 0 Å². The summed E-state index contributed by atoms with van der Waals surface area (Å²) in [4.78, 5) is 4.40. The molecule has 1 atom stereocenters. The second-order valence-electron chi connectivity index (χ2n) is 5.62. The molecule has 2 aromatic heterocycles. The molecule has 1 saturated heterocycles. The maximum absolute atomic E-state index is 5.87. The van der Waals surface area contributed by atoms with Gasteiger partial charge in [-0.3, -0.25) is 4.90 Å². The van der Waals surface area contributed by atoms with Crippen LogP contribution in [0.25, 0.3) is 0 Å². The maximum atomic E-state index is 5.87. The number of hydrogen-bond donors (Lipinski definition) is 0. The van der Waals surface area contributed by atoms with Gasteiger partial charge in [0.2, 0.25) is 0 Å². The standard InChI is InChI=1S/C15H21N5O2/c1-12-8-13(22-18-12)10-20-6-7-21-14(11-20)9-19(2)15-4-3-5-16-17-15/h3-5,8,14H,6-7,9-11H2,1-2H3/t14-/m1/s1. The van der Waals surface area contributed by atoms with E-state index in [2.05, 4.69) is 25.2 Å². The Kier molecular flexibility index (Phi) is 4.65. The Morgan fingerprint density at radius 2 is 2.36 bits per heavy atom. The third kappa shape index (κ3) is 3.80. The third-order valence-corrected chi connectivity index (χ3v) is 3.71. The molecule has 7 heteroatoms. The molecule has 0 N–H and O–H groups in total. The molecule has 0 aromatic carbocycles. The Morgan fingerprint density at radius 1 is 1.45 bits per heavy atom. The molecule has 7 nitrogen and oxygen atoms in total. The van der Waals surface area contributed by atoms with Crippen molar-refractivity contribution in [3.05, 3.63) is 35.9 Å². The molecule has 118 valence electrons. The zero-order valence-electron chi connectivity index (χ0n) is 13.0. The summed E-state index contributed by atoms with van der Waals surface area (Å²) in [7, 11) is 2.01. The second-order valence-corrected chi connectivity index (χ2v) is 5.62. The van der Waals surface area contributed by atoms with Crippen LogP contribution < -0.4 is 4.90 Å². The number of morpholine rings is 1. The van der Waals surface area contributed by atoms with E-state index in [9.17, 15) is 0 Å². The van der Waals surface area contributed by atoms with Gasteiger partial charge in [-0.1, -0.05) is 5.16 Å². The fraction of sp³-hybridized carbons (Fsp3) is 0.533. The molecule has 0 amide bonds.